The van der Waals surface area contributed by atoms with Gasteiger partial charge in [-0.05, 0) is 12.3 Å². The molecule has 0 saturated carbocycles. The molecule has 0 aromatic heterocycles. The molecule has 90 valence electrons. The number of likely N-dealkylation sites (tertiary alicyclic amines) is 1. The Bertz CT molecular complexity index is 203. The number of carbonyl (C=O) groups excluding carboxylic acids is 1. The summed E-state index contributed by atoms with van der Waals surface area (Å²) in [5, 5.41) is 0. The minimum atomic E-state index is -4.27. The van der Waals surface area contributed by atoms with Gasteiger partial charge in [0, 0.05) is 13.0 Å². The van der Waals surface area contributed by atoms with Crippen LogP contribution in [0.15, 0.2) is 0 Å². The van der Waals surface area contributed by atoms with Crippen LogP contribution in [0.4, 0.5) is 13.2 Å². The fourth-order valence-electron chi connectivity index (χ4n) is 1.41. The van der Waals surface area contributed by atoms with Gasteiger partial charge in [0.25, 0.3) is 0 Å². The van der Waals surface area contributed by atoms with E-state index in [4.69, 9.17) is 0 Å². The van der Waals surface area contributed by atoms with E-state index in [1.165, 1.54) is 0 Å². The lowest BCUT2D eigenvalue weighted by molar-refractivity contribution is -0.164. The van der Waals surface area contributed by atoms with E-state index in [0.29, 0.717) is 6.42 Å². The SMILES string of the molecule is CC.CC1CCN(CC(F)(F)F)C(=O)C1. The molecule has 0 spiro atoms. The van der Waals surface area contributed by atoms with Gasteiger partial charge in [0.1, 0.15) is 6.54 Å². The summed E-state index contributed by atoms with van der Waals surface area (Å²) in [6.45, 7) is 5.01. The van der Waals surface area contributed by atoms with Crippen molar-refractivity contribution in [3.05, 3.63) is 0 Å². The highest BCUT2D eigenvalue weighted by atomic mass is 19.4. The van der Waals surface area contributed by atoms with E-state index in [0.717, 1.165) is 4.90 Å². The lowest BCUT2D eigenvalue weighted by Crippen LogP contribution is -2.43. The zero-order valence-corrected chi connectivity index (χ0v) is 9.40. The van der Waals surface area contributed by atoms with Gasteiger partial charge in [-0.1, -0.05) is 20.8 Å². The summed E-state index contributed by atoms with van der Waals surface area (Å²) in [6.07, 6.45) is -3.35. The topological polar surface area (TPSA) is 20.3 Å². The smallest absolute Gasteiger partial charge is 0.334 e. The Morgan fingerprint density at radius 2 is 1.93 bits per heavy atom. The fraction of sp³-hybridized carbons (Fsp3) is 0.900. The van der Waals surface area contributed by atoms with E-state index < -0.39 is 12.7 Å². The Morgan fingerprint density at radius 1 is 1.40 bits per heavy atom. The van der Waals surface area contributed by atoms with E-state index in [1.807, 2.05) is 20.8 Å². The van der Waals surface area contributed by atoms with E-state index >= 15 is 0 Å². The van der Waals surface area contributed by atoms with Crippen molar-refractivity contribution in [3.63, 3.8) is 0 Å². The van der Waals surface area contributed by atoms with Crippen LogP contribution < -0.4 is 0 Å². The Balaban J connectivity index is 0.000000921. The number of halogens is 3. The highest BCUT2D eigenvalue weighted by molar-refractivity contribution is 5.77. The van der Waals surface area contributed by atoms with Crippen molar-refractivity contribution < 1.29 is 18.0 Å². The molecule has 1 fully saturated rings. The van der Waals surface area contributed by atoms with Crippen molar-refractivity contribution in [2.75, 3.05) is 13.1 Å². The molecule has 1 heterocycles. The summed E-state index contributed by atoms with van der Waals surface area (Å²) in [5.74, 6) is -0.159. The van der Waals surface area contributed by atoms with E-state index in [1.54, 1.807) is 0 Å². The Kier molecular flexibility index (Phi) is 5.68. The third kappa shape index (κ3) is 5.64. The maximum atomic E-state index is 11.9. The number of carbonyl (C=O) groups is 1. The van der Waals surface area contributed by atoms with Crippen LogP contribution in [0, 0.1) is 5.92 Å². The van der Waals surface area contributed by atoms with E-state index in [9.17, 15) is 18.0 Å². The highest BCUT2D eigenvalue weighted by Crippen LogP contribution is 2.22. The third-order valence-corrected chi connectivity index (χ3v) is 2.14. The Hall–Kier alpha value is -0.740. The van der Waals surface area contributed by atoms with Gasteiger partial charge in [0.05, 0.1) is 0 Å². The second kappa shape index (κ2) is 5.98. The van der Waals surface area contributed by atoms with Crippen LogP contribution in [-0.4, -0.2) is 30.1 Å². The molecule has 0 bridgehead atoms. The summed E-state index contributed by atoms with van der Waals surface area (Å²) in [7, 11) is 0. The number of piperidine rings is 1. The number of alkyl halides is 3. The van der Waals surface area contributed by atoms with Crippen molar-refractivity contribution >= 4 is 5.91 Å². The first-order valence-electron chi connectivity index (χ1n) is 5.23. The van der Waals surface area contributed by atoms with Gasteiger partial charge < -0.3 is 4.90 Å². The van der Waals surface area contributed by atoms with Gasteiger partial charge in [0.15, 0.2) is 0 Å². The van der Waals surface area contributed by atoms with Crippen LogP contribution >= 0.6 is 0 Å². The van der Waals surface area contributed by atoms with Crippen LogP contribution in [0.5, 0.6) is 0 Å². The summed E-state index contributed by atoms with van der Waals surface area (Å²) in [5.41, 5.74) is 0. The monoisotopic (exact) mass is 225 g/mol. The van der Waals surface area contributed by atoms with Crippen LogP contribution in [-0.2, 0) is 4.79 Å². The van der Waals surface area contributed by atoms with Crippen molar-refractivity contribution in [2.45, 2.75) is 39.8 Å². The first kappa shape index (κ1) is 14.3. The van der Waals surface area contributed by atoms with Crippen LogP contribution in [0.1, 0.15) is 33.6 Å². The molecule has 0 aromatic rings. The molecule has 1 amide bonds. The number of rotatable bonds is 1. The predicted molar refractivity (Wildman–Crippen MR) is 52.4 cm³/mol. The van der Waals surface area contributed by atoms with Gasteiger partial charge in [0.2, 0.25) is 5.91 Å². The molecule has 0 aromatic carbocycles. The molecule has 1 aliphatic heterocycles. The summed E-state index contributed by atoms with van der Waals surface area (Å²) in [4.78, 5) is 12.0. The molecule has 0 N–H and O–H groups in total. The number of hydrogen-bond acceptors (Lipinski definition) is 1. The molecular formula is C10H18F3NO. The van der Waals surface area contributed by atoms with Gasteiger partial charge >= 0.3 is 6.18 Å². The molecule has 5 heteroatoms. The molecule has 0 radical (unpaired) electrons. The van der Waals surface area contributed by atoms with Gasteiger partial charge in [-0.2, -0.15) is 13.2 Å². The summed E-state index contributed by atoms with van der Waals surface area (Å²) in [6, 6.07) is 0. The molecule has 1 atom stereocenters. The lowest BCUT2D eigenvalue weighted by Gasteiger charge is -2.30. The maximum Gasteiger partial charge on any atom is 0.406 e. The summed E-state index contributed by atoms with van der Waals surface area (Å²) < 4.78 is 35.8. The van der Waals surface area contributed by atoms with Crippen LogP contribution in [0.3, 0.4) is 0 Å². The molecule has 15 heavy (non-hydrogen) atoms. The van der Waals surface area contributed by atoms with E-state index in [2.05, 4.69) is 0 Å². The zero-order chi connectivity index (χ0) is 12.1. The molecular weight excluding hydrogens is 207 g/mol. The molecule has 1 unspecified atom stereocenters. The van der Waals surface area contributed by atoms with Gasteiger partial charge in [-0.25, -0.2) is 0 Å². The Labute approximate surface area is 88.4 Å². The quantitative estimate of drug-likeness (QED) is 0.672. The minimum absolute atomic E-state index is 0.219. The molecule has 1 rings (SSSR count). The molecule has 0 aliphatic carbocycles. The van der Waals surface area contributed by atoms with Gasteiger partial charge in [-0.15, -0.1) is 0 Å². The van der Waals surface area contributed by atoms with Crippen molar-refractivity contribution in [3.8, 4) is 0 Å². The lowest BCUT2D eigenvalue weighted by atomic mass is 9.99. The molecule has 1 saturated heterocycles. The zero-order valence-electron chi connectivity index (χ0n) is 9.40. The number of amides is 1. The van der Waals surface area contributed by atoms with Crippen molar-refractivity contribution in [1.29, 1.82) is 0 Å². The first-order valence-corrected chi connectivity index (χ1v) is 5.23. The standard InChI is InChI=1S/C8H12F3NO.C2H6/c1-6-2-3-12(7(13)4-6)5-8(9,10)11;1-2/h6H,2-5H2,1H3;1-2H3. The third-order valence-electron chi connectivity index (χ3n) is 2.14. The highest BCUT2D eigenvalue weighted by Gasteiger charge is 2.34. The minimum Gasteiger partial charge on any atom is -0.334 e. The average Bonchev–Trinajstić information content (AvgIpc) is 2.12. The van der Waals surface area contributed by atoms with Crippen molar-refractivity contribution in [1.82, 2.24) is 4.90 Å². The largest absolute Gasteiger partial charge is 0.406 e. The number of nitrogens with zero attached hydrogens (tertiary/aromatic N) is 1. The molecule has 2 nitrogen and oxygen atoms in total. The van der Waals surface area contributed by atoms with Crippen LogP contribution in [0.2, 0.25) is 0 Å². The average molecular weight is 225 g/mol. The van der Waals surface area contributed by atoms with E-state index in [-0.39, 0.29) is 24.8 Å². The predicted octanol–water partition coefficient (Wildman–Crippen LogP) is 2.83. The fourth-order valence-corrected chi connectivity index (χ4v) is 1.41. The first-order chi connectivity index (χ1) is 6.88. The molecule has 1 aliphatic rings. The van der Waals surface area contributed by atoms with Gasteiger partial charge in [-0.3, -0.25) is 4.79 Å². The van der Waals surface area contributed by atoms with Crippen LogP contribution in [0.25, 0.3) is 0 Å². The second-order valence-electron chi connectivity index (χ2n) is 3.53. The Morgan fingerprint density at radius 3 is 2.33 bits per heavy atom. The normalized spacial score (nSPS) is 22.1. The maximum absolute atomic E-state index is 11.9. The number of hydrogen-bond donors (Lipinski definition) is 0. The summed E-state index contributed by atoms with van der Waals surface area (Å²) >= 11 is 0. The van der Waals surface area contributed by atoms with Crippen molar-refractivity contribution in [2.24, 2.45) is 5.92 Å². The second-order valence-corrected chi connectivity index (χ2v) is 3.53.